The Kier molecular flexibility index (Phi) is 8.31. The molecule has 0 radical (unpaired) electrons. The minimum Gasteiger partial charge on any atom is -0.381 e. The number of ether oxygens (including phenoxy) is 1. The first-order chi connectivity index (χ1) is 7.14. The Morgan fingerprint density at radius 2 is 2.12 bits per heavy atom. The van der Waals surface area contributed by atoms with Crippen molar-refractivity contribution in [2.45, 2.75) is 13.3 Å². The molecule has 0 aliphatic carbocycles. The van der Waals surface area contributed by atoms with Crippen LogP contribution in [0.4, 0.5) is 0 Å². The van der Waals surface area contributed by atoms with E-state index in [-0.39, 0.29) is 24.1 Å². The van der Waals surface area contributed by atoms with Crippen LogP contribution in [0.25, 0.3) is 0 Å². The van der Waals surface area contributed by atoms with Gasteiger partial charge in [0.25, 0.3) is 0 Å². The molecule has 1 atom stereocenters. The number of sulfonamides is 1. The van der Waals surface area contributed by atoms with Crippen molar-refractivity contribution in [2.75, 3.05) is 38.6 Å². The second kappa shape index (κ2) is 8.25. The fourth-order valence-electron chi connectivity index (χ4n) is 1.56. The minimum atomic E-state index is -3.12. The number of halogens is 1. The Morgan fingerprint density at radius 3 is 2.69 bits per heavy atom. The van der Waals surface area contributed by atoms with Crippen molar-refractivity contribution in [1.29, 1.82) is 0 Å². The molecule has 0 aromatic heterocycles. The summed E-state index contributed by atoms with van der Waals surface area (Å²) in [5.41, 5.74) is 0. The minimum absolute atomic E-state index is 0. The molecule has 2 N–H and O–H groups in total. The molecular weight excluding hydrogens is 252 g/mol. The zero-order valence-corrected chi connectivity index (χ0v) is 11.2. The Bertz CT molecular complexity index is 266. The number of likely N-dealkylation sites (N-methyl/N-ethyl adjacent to an activating group) is 1. The summed E-state index contributed by atoms with van der Waals surface area (Å²) in [7, 11) is -3.12. The number of hydrogen-bond donors (Lipinski definition) is 2. The highest BCUT2D eigenvalue weighted by Crippen LogP contribution is 2.13. The van der Waals surface area contributed by atoms with Gasteiger partial charge in [-0.15, -0.1) is 12.4 Å². The van der Waals surface area contributed by atoms with E-state index in [9.17, 15) is 8.42 Å². The first-order valence-corrected chi connectivity index (χ1v) is 7.05. The molecule has 16 heavy (non-hydrogen) atoms. The predicted octanol–water partition coefficient (Wildman–Crippen LogP) is -0.0264. The maximum absolute atomic E-state index is 11.6. The molecule has 0 aromatic carbocycles. The lowest BCUT2D eigenvalue weighted by molar-refractivity contribution is 0.188. The van der Waals surface area contributed by atoms with Gasteiger partial charge in [0.05, 0.1) is 12.4 Å². The molecular formula is C9H21ClN2O3S. The fourth-order valence-corrected chi connectivity index (χ4v) is 2.97. The number of rotatable bonds is 7. The smallest absolute Gasteiger partial charge is 0.211 e. The van der Waals surface area contributed by atoms with E-state index in [0.29, 0.717) is 26.3 Å². The highest BCUT2D eigenvalue weighted by molar-refractivity contribution is 7.89. The normalized spacial score (nSPS) is 20.7. The quantitative estimate of drug-likeness (QED) is 0.639. The number of nitrogens with one attached hydrogen (secondary N) is 2. The van der Waals surface area contributed by atoms with Crippen LogP contribution in [-0.2, 0) is 14.8 Å². The van der Waals surface area contributed by atoms with Gasteiger partial charge in [-0.05, 0) is 18.9 Å². The van der Waals surface area contributed by atoms with Gasteiger partial charge in [0.2, 0.25) is 10.0 Å². The summed E-state index contributed by atoms with van der Waals surface area (Å²) in [5.74, 6) is 0.362. The van der Waals surface area contributed by atoms with Crippen LogP contribution >= 0.6 is 12.4 Å². The molecule has 98 valence electrons. The van der Waals surface area contributed by atoms with Crippen LogP contribution < -0.4 is 10.0 Å². The molecule has 7 heteroatoms. The van der Waals surface area contributed by atoms with Crippen LogP contribution in [0.3, 0.4) is 0 Å². The summed E-state index contributed by atoms with van der Waals surface area (Å²) in [6, 6.07) is 0. The van der Waals surface area contributed by atoms with Crippen LogP contribution in [0.15, 0.2) is 0 Å². The molecule has 0 aromatic rings. The second-order valence-electron chi connectivity index (χ2n) is 3.76. The van der Waals surface area contributed by atoms with Crippen molar-refractivity contribution in [3.8, 4) is 0 Å². The third kappa shape index (κ3) is 6.65. The standard InChI is InChI=1S/C9H20N2O3S.ClH/c1-2-10-4-5-11-15(12,13)8-9-3-6-14-7-9;/h9-11H,2-8H2,1H3;1H. The molecule has 0 bridgehead atoms. The van der Waals surface area contributed by atoms with E-state index in [1.165, 1.54) is 0 Å². The van der Waals surface area contributed by atoms with Crippen molar-refractivity contribution < 1.29 is 13.2 Å². The monoisotopic (exact) mass is 272 g/mol. The van der Waals surface area contributed by atoms with Crippen LogP contribution in [0.2, 0.25) is 0 Å². The summed E-state index contributed by atoms with van der Waals surface area (Å²) < 4.78 is 30.8. The van der Waals surface area contributed by atoms with E-state index in [1.807, 2.05) is 6.92 Å². The molecule has 5 nitrogen and oxygen atoms in total. The van der Waals surface area contributed by atoms with Gasteiger partial charge in [-0.3, -0.25) is 0 Å². The van der Waals surface area contributed by atoms with E-state index in [2.05, 4.69) is 10.0 Å². The van der Waals surface area contributed by atoms with Crippen LogP contribution in [0.5, 0.6) is 0 Å². The zero-order valence-electron chi connectivity index (χ0n) is 9.57. The summed E-state index contributed by atoms with van der Waals surface area (Å²) in [5, 5.41) is 3.06. The largest absolute Gasteiger partial charge is 0.381 e. The van der Waals surface area contributed by atoms with Gasteiger partial charge >= 0.3 is 0 Å². The van der Waals surface area contributed by atoms with Gasteiger partial charge in [-0.2, -0.15) is 0 Å². The molecule has 0 amide bonds. The summed E-state index contributed by atoms with van der Waals surface area (Å²) in [6.45, 7) is 5.26. The maximum Gasteiger partial charge on any atom is 0.211 e. The summed E-state index contributed by atoms with van der Waals surface area (Å²) >= 11 is 0. The third-order valence-electron chi connectivity index (χ3n) is 2.35. The Labute approximate surface area is 104 Å². The number of hydrogen-bond acceptors (Lipinski definition) is 4. The second-order valence-corrected chi connectivity index (χ2v) is 5.61. The zero-order chi connectivity index (χ0) is 11.1. The van der Waals surface area contributed by atoms with Crippen LogP contribution in [0.1, 0.15) is 13.3 Å². The molecule has 0 saturated carbocycles. The van der Waals surface area contributed by atoms with E-state index < -0.39 is 10.0 Å². The summed E-state index contributed by atoms with van der Waals surface area (Å²) in [6.07, 6.45) is 0.855. The fraction of sp³-hybridized carbons (Fsp3) is 1.00. The van der Waals surface area contributed by atoms with Gasteiger partial charge in [-0.1, -0.05) is 6.92 Å². The van der Waals surface area contributed by atoms with Crippen molar-refractivity contribution in [3.63, 3.8) is 0 Å². The molecule has 1 heterocycles. The van der Waals surface area contributed by atoms with Crippen molar-refractivity contribution in [1.82, 2.24) is 10.0 Å². The van der Waals surface area contributed by atoms with Crippen LogP contribution in [-0.4, -0.2) is 47.0 Å². The van der Waals surface area contributed by atoms with Crippen molar-refractivity contribution in [2.24, 2.45) is 5.92 Å². The third-order valence-corrected chi connectivity index (χ3v) is 3.91. The average Bonchev–Trinajstić information content (AvgIpc) is 2.64. The van der Waals surface area contributed by atoms with Gasteiger partial charge in [0, 0.05) is 19.7 Å². The maximum atomic E-state index is 11.6. The topological polar surface area (TPSA) is 67.4 Å². The SMILES string of the molecule is CCNCCNS(=O)(=O)CC1CCOC1.Cl. The van der Waals surface area contributed by atoms with Gasteiger partial charge in [0.1, 0.15) is 0 Å². The molecule has 1 rings (SSSR count). The van der Waals surface area contributed by atoms with Gasteiger partial charge in [0.15, 0.2) is 0 Å². The highest BCUT2D eigenvalue weighted by atomic mass is 35.5. The lowest BCUT2D eigenvalue weighted by Crippen LogP contribution is -2.35. The first kappa shape index (κ1) is 16.1. The lowest BCUT2D eigenvalue weighted by atomic mass is 10.2. The van der Waals surface area contributed by atoms with Gasteiger partial charge < -0.3 is 10.1 Å². The Morgan fingerprint density at radius 1 is 1.38 bits per heavy atom. The lowest BCUT2D eigenvalue weighted by Gasteiger charge is -2.10. The molecule has 1 aliphatic rings. The van der Waals surface area contributed by atoms with Crippen molar-refractivity contribution in [3.05, 3.63) is 0 Å². The Hall–Kier alpha value is 0.120. The molecule has 1 aliphatic heterocycles. The molecule has 1 fully saturated rings. The Balaban J connectivity index is 0.00000225. The predicted molar refractivity (Wildman–Crippen MR) is 66.5 cm³/mol. The van der Waals surface area contributed by atoms with Crippen molar-refractivity contribution >= 4 is 22.4 Å². The van der Waals surface area contributed by atoms with E-state index >= 15 is 0 Å². The highest BCUT2D eigenvalue weighted by Gasteiger charge is 2.22. The van der Waals surface area contributed by atoms with Crippen LogP contribution in [0, 0.1) is 5.92 Å². The molecule has 1 saturated heterocycles. The van der Waals surface area contributed by atoms with Gasteiger partial charge in [-0.25, -0.2) is 13.1 Å². The average molecular weight is 273 g/mol. The first-order valence-electron chi connectivity index (χ1n) is 5.40. The van der Waals surface area contributed by atoms with E-state index in [1.54, 1.807) is 0 Å². The molecule has 0 spiro atoms. The van der Waals surface area contributed by atoms with E-state index in [4.69, 9.17) is 4.74 Å². The van der Waals surface area contributed by atoms with E-state index in [0.717, 1.165) is 13.0 Å². The molecule has 1 unspecified atom stereocenters. The summed E-state index contributed by atoms with van der Waals surface area (Å²) in [4.78, 5) is 0.